The molecule has 1 atom stereocenters. The fourth-order valence-electron chi connectivity index (χ4n) is 3.43. The highest BCUT2D eigenvalue weighted by molar-refractivity contribution is 5.90. The van der Waals surface area contributed by atoms with Gasteiger partial charge in [0.1, 0.15) is 0 Å². The van der Waals surface area contributed by atoms with Crippen molar-refractivity contribution in [1.29, 1.82) is 0 Å². The molecule has 2 fully saturated rings. The molecule has 0 aliphatic carbocycles. The van der Waals surface area contributed by atoms with Crippen LogP contribution in [0.2, 0.25) is 0 Å². The molecular formula is C19H27N3O3. The molecule has 0 aromatic heterocycles. The summed E-state index contributed by atoms with van der Waals surface area (Å²) in [6, 6.07) is 5.78. The van der Waals surface area contributed by atoms with Crippen molar-refractivity contribution in [2.45, 2.75) is 26.7 Å². The van der Waals surface area contributed by atoms with Crippen LogP contribution in [0.1, 0.15) is 24.0 Å². The van der Waals surface area contributed by atoms with Crippen LogP contribution in [0.15, 0.2) is 18.2 Å². The number of ether oxygens (including phenoxy) is 1. The van der Waals surface area contributed by atoms with Crippen molar-refractivity contribution in [3.8, 4) is 0 Å². The number of aryl methyl sites for hydroxylation is 2. The molecule has 2 saturated heterocycles. The molecule has 0 saturated carbocycles. The molecule has 0 radical (unpaired) electrons. The van der Waals surface area contributed by atoms with Gasteiger partial charge in [-0.05, 0) is 49.9 Å². The van der Waals surface area contributed by atoms with E-state index in [0.717, 1.165) is 24.1 Å². The van der Waals surface area contributed by atoms with Gasteiger partial charge in [0.05, 0.1) is 19.1 Å². The molecule has 1 aromatic rings. The normalized spacial score (nSPS) is 21.1. The molecule has 136 valence electrons. The van der Waals surface area contributed by atoms with Gasteiger partial charge < -0.3 is 19.9 Å². The van der Waals surface area contributed by atoms with E-state index >= 15 is 0 Å². The number of carbonyl (C=O) groups is 2. The van der Waals surface area contributed by atoms with Gasteiger partial charge in [0.15, 0.2) is 0 Å². The fourth-order valence-corrected chi connectivity index (χ4v) is 3.43. The quantitative estimate of drug-likeness (QED) is 0.895. The summed E-state index contributed by atoms with van der Waals surface area (Å²) in [7, 11) is 0. The van der Waals surface area contributed by atoms with Crippen molar-refractivity contribution >= 4 is 17.6 Å². The van der Waals surface area contributed by atoms with Gasteiger partial charge in [-0.2, -0.15) is 0 Å². The maximum absolute atomic E-state index is 12.7. The third-order valence-corrected chi connectivity index (χ3v) is 5.14. The van der Waals surface area contributed by atoms with Gasteiger partial charge in [0, 0.05) is 31.9 Å². The smallest absolute Gasteiger partial charge is 0.321 e. The Morgan fingerprint density at radius 1 is 1.08 bits per heavy atom. The largest absolute Gasteiger partial charge is 0.378 e. The van der Waals surface area contributed by atoms with Gasteiger partial charge in [-0.1, -0.05) is 6.07 Å². The molecule has 0 spiro atoms. The van der Waals surface area contributed by atoms with Crippen LogP contribution in [0.25, 0.3) is 0 Å². The van der Waals surface area contributed by atoms with Crippen molar-refractivity contribution in [1.82, 2.24) is 9.80 Å². The van der Waals surface area contributed by atoms with E-state index in [1.165, 1.54) is 5.56 Å². The van der Waals surface area contributed by atoms with E-state index in [9.17, 15) is 9.59 Å². The number of morpholine rings is 1. The number of nitrogens with zero attached hydrogens (tertiary/aromatic N) is 2. The van der Waals surface area contributed by atoms with Crippen LogP contribution in [0, 0.1) is 19.8 Å². The number of piperidine rings is 1. The molecule has 2 aliphatic rings. The number of carbonyl (C=O) groups excluding carboxylic acids is 2. The monoisotopic (exact) mass is 345 g/mol. The first kappa shape index (κ1) is 17.7. The third kappa shape index (κ3) is 4.31. The van der Waals surface area contributed by atoms with E-state index in [4.69, 9.17) is 4.74 Å². The van der Waals surface area contributed by atoms with E-state index < -0.39 is 0 Å². The molecule has 3 amide bonds. The highest BCUT2D eigenvalue weighted by Gasteiger charge is 2.31. The Morgan fingerprint density at radius 2 is 1.84 bits per heavy atom. The average molecular weight is 345 g/mol. The number of nitrogens with one attached hydrogen (secondary N) is 1. The molecule has 2 heterocycles. The Balaban J connectivity index is 1.59. The molecule has 0 bridgehead atoms. The predicted molar refractivity (Wildman–Crippen MR) is 96.6 cm³/mol. The zero-order valence-electron chi connectivity index (χ0n) is 15.1. The van der Waals surface area contributed by atoms with Gasteiger partial charge in [0.2, 0.25) is 5.91 Å². The SMILES string of the molecule is Cc1ccc(NC(=O)N2CCCC(C(=O)N3CCOCC3)C2)cc1C. The standard InChI is InChI=1S/C19H27N3O3/c1-14-5-6-17(12-15(14)2)20-19(24)22-7-3-4-16(13-22)18(23)21-8-10-25-11-9-21/h5-6,12,16H,3-4,7-11,13H2,1-2H3,(H,20,24). The van der Waals surface area contributed by atoms with E-state index in [0.29, 0.717) is 39.4 Å². The van der Waals surface area contributed by atoms with Gasteiger partial charge in [0.25, 0.3) is 0 Å². The lowest BCUT2D eigenvalue weighted by Crippen LogP contribution is -2.50. The van der Waals surface area contributed by atoms with Crippen LogP contribution in [0.3, 0.4) is 0 Å². The number of hydrogen-bond acceptors (Lipinski definition) is 3. The zero-order chi connectivity index (χ0) is 17.8. The van der Waals surface area contributed by atoms with E-state index in [1.54, 1.807) is 4.90 Å². The Hall–Kier alpha value is -2.08. The molecule has 3 rings (SSSR count). The summed E-state index contributed by atoms with van der Waals surface area (Å²) in [6.07, 6.45) is 1.71. The van der Waals surface area contributed by atoms with Crippen LogP contribution >= 0.6 is 0 Å². The van der Waals surface area contributed by atoms with Gasteiger partial charge >= 0.3 is 6.03 Å². The molecule has 1 N–H and O–H groups in total. The van der Waals surface area contributed by atoms with Crippen LogP contribution < -0.4 is 5.32 Å². The van der Waals surface area contributed by atoms with Crippen molar-refractivity contribution in [3.63, 3.8) is 0 Å². The van der Waals surface area contributed by atoms with Crippen LogP contribution in [0.4, 0.5) is 10.5 Å². The van der Waals surface area contributed by atoms with Crippen LogP contribution in [0.5, 0.6) is 0 Å². The number of benzene rings is 1. The molecule has 25 heavy (non-hydrogen) atoms. The van der Waals surface area contributed by atoms with Crippen LogP contribution in [-0.2, 0) is 9.53 Å². The summed E-state index contributed by atoms with van der Waals surface area (Å²) < 4.78 is 5.31. The Kier molecular flexibility index (Phi) is 5.58. The number of likely N-dealkylation sites (tertiary alicyclic amines) is 1. The van der Waals surface area contributed by atoms with E-state index in [2.05, 4.69) is 5.32 Å². The van der Waals surface area contributed by atoms with Crippen molar-refractivity contribution < 1.29 is 14.3 Å². The molecular weight excluding hydrogens is 318 g/mol. The van der Waals surface area contributed by atoms with E-state index in [1.807, 2.05) is 36.9 Å². The van der Waals surface area contributed by atoms with Crippen molar-refractivity contribution in [2.75, 3.05) is 44.7 Å². The summed E-state index contributed by atoms with van der Waals surface area (Å²) in [5, 5.41) is 2.96. The first-order chi connectivity index (χ1) is 12.0. The summed E-state index contributed by atoms with van der Waals surface area (Å²) >= 11 is 0. The minimum Gasteiger partial charge on any atom is -0.378 e. The first-order valence-corrected chi connectivity index (χ1v) is 9.04. The molecule has 1 aromatic carbocycles. The van der Waals surface area contributed by atoms with Crippen molar-refractivity contribution in [3.05, 3.63) is 29.3 Å². The number of amides is 3. The number of hydrogen-bond donors (Lipinski definition) is 1. The Labute approximate surface area is 149 Å². The number of rotatable bonds is 2. The topological polar surface area (TPSA) is 61.9 Å². The van der Waals surface area contributed by atoms with Crippen molar-refractivity contribution in [2.24, 2.45) is 5.92 Å². The number of urea groups is 1. The molecule has 2 aliphatic heterocycles. The van der Waals surface area contributed by atoms with Gasteiger partial charge in [-0.15, -0.1) is 0 Å². The lowest BCUT2D eigenvalue weighted by atomic mass is 9.96. The second-order valence-corrected chi connectivity index (χ2v) is 6.95. The third-order valence-electron chi connectivity index (χ3n) is 5.14. The Bertz CT molecular complexity index is 641. The second-order valence-electron chi connectivity index (χ2n) is 6.95. The fraction of sp³-hybridized carbons (Fsp3) is 0.579. The van der Waals surface area contributed by atoms with E-state index in [-0.39, 0.29) is 17.9 Å². The van der Waals surface area contributed by atoms with Gasteiger partial charge in [-0.25, -0.2) is 4.79 Å². The molecule has 6 heteroatoms. The minimum atomic E-state index is -0.122. The summed E-state index contributed by atoms with van der Waals surface area (Å²) in [4.78, 5) is 28.9. The average Bonchev–Trinajstić information content (AvgIpc) is 2.65. The first-order valence-electron chi connectivity index (χ1n) is 9.04. The molecule has 1 unspecified atom stereocenters. The maximum atomic E-state index is 12.7. The summed E-state index contributed by atoms with van der Waals surface area (Å²) in [5.74, 6) is 0.0596. The summed E-state index contributed by atoms with van der Waals surface area (Å²) in [5.41, 5.74) is 3.15. The minimum absolute atomic E-state index is 0.0997. The maximum Gasteiger partial charge on any atom is 0.321 e. The lowest BCUT2D eigenvalue weighted by Gasteiger charge is -2.36. The summed E-state index contributed by atoms with van der Waals surface area (Å²) in [6.45, 7) is 7.80. The number of anilines is 1. The predicted octanol–water partition coefficient (Wildman–Crippen LogP) is 2.41. The van der Waals surface area contributed by atoms with Crippen LogP contribution in [-0.4, -0.2) is 61.1 Å². The second kappa shape index (κ2) is 7.87. The lowest BCUT2D eigenvalue weighted by molar-refractivity contribution is -0.141. The zero-order valence-corrected chi connectivity index (χ0v) is 15.1. The highest BCUT2D eigenvalue weighted by atomic mass is 16.5. The Morgan fingerprint density at radius 3 is 2.56 bits per heavy atom. The van der Waals surface area contributed by atoms with Gasteiger partial charge in [-0.3, -0.25) is 4.79 Å². The highest BCUT2D eigenvalue weighted by Crippen LogP contribution is 2.21. The molecule has 6 nitrogen and oxygen atoms in total.